The number of rotatable bonds is 2. The average Bonchev–Trinajstić information content (AvgIpc) is 2.32. The van der Waals surface area contributed by atoms with Gasteiger partial charge in [0.1, 0.15) is 12.4 Å². The highest BCUT2D eigenvalue weighted by molar-refractivity contribution is 5.79. The van der Waals surface area contributed by atoms with E-state index >= 15 is 0 Å². The van der Waals surface area contributed by atoms with Gasteiger partial charge in [0.15, 0.2) is 0 Å². The number of hydrogen-bond donors (Lipinski definition) is 1. The molecular weight excluding hydrogens is 254 g/mol. The van der Waals surface area contributed by atoms with Gasteiger partial charge in [-0.15, -0.1) is 0 Å². The highest BCUT2D eigenvalue weighted by atomic mass is 16.2. The van der Waals surface area contributed by atoms with Crippen LogP contribution in [0.4, 0.5) is 0 Å². The molecule has 0 fully saturated rings. The van der Waals surface area contributed by atoms with Gasteiger partial charge < -0.3 is 5.32 Å². The van der Waals surface area contributed by atoms with Gasteiger partial charge in [-0.25, -0.2) is 4.98 Å². The molecule has 1 aromatic heterocycles. The predicted octanol–water partition coefficient (Wildman–Crippen LogP) is 1.62. The first-order valence-electron chi connectivity index (χ1n) is 6.55. The molecule has 0 bridgehead atoms. The topological polar surface area (TPSA) is 64.0 Å². The minimum atomic E-state index is -0.321. The number of aryl methyl sites for hydroxylation is 1. The molecule has 0 aliphatic carbocycles. The summed E-state index contributed by atoms with van der Waals surface area (Å²) in [5.74, 6) is 0.345. The van der Waals surface area contributed by atoms with Gasteiger partial charge in [0.2, 0.25) is 5.91 Å². The normalized spacial score (nSPS) is 11.6. The number of hydrogen-bond acceptors (Lipinski definition) is 3. The first kappa shape index (κ1) is 14.2. The van der Waals surface area contributed by atoms with Crippen LogP contribution in [-0.2, 0) is 11.3 Å². The molecule has 20 heavy (non-hydrogen) atoms. The van der Waals surface area contributed by atoms with Gasteiger partial charge in [0, 0.05) is 5.54 Å². The Balaban J connectivity index is 2.40. The zero-order valence-electron chi connectivity index (χ0n) is 12.2. The largest absolute Gasteiger partial charge is 0.350 e. The number of amides is 1. The van der Waals surface area contributed by atoms with Gasteiger partial charge in [-0.05, 0) is 39.8 Å². The third-order valence-electron chi connectivity index (χ3n) is 2.87. The third-order valence-corrected chi connectivity index (χ3v) is 2.87. The van der Waals surface area contributed by atoms with Crippen LogP contribution in [-0.4, -0.2) is 21.0 Å². The van der Waals surface area contributed by atoms with Crippen molar-refractivity contribution in [1.29, 1.82) is 0 Å². The fourth-order valence-electron chi connectivity index (χ4n) is 2.07. The summed E-state index contributed by atoms with van der Waals surface area (Å²) in [6.45, 7) is 7.43. The second-order valence-electron chi connectivity index (χ2n) is 5.87. The molecule has 2 aromatic rings. The van der Waals surface area contributed by atoms with Crippen molar-refractivity contribution in [2.75, 3.05) is 0 Å². The van der Waals surface area contributed by atoms with Crippen LogP contribution in [0.3, 0.4) is 0 Å². The molecule has 0 aliphatic rings. The fraction of sp³-hybridized carbons (Fsp3) is 0.400. The van der Waals surface area contributed by atoms with Crippen LogP contribution >= 0.6 is 0 Å². The van der Waals surface area contributed by atoms with Crippen molar-refractivity contribution in [2.24, 2.45) is 0 Å². The van der Waals surface area contributed by atoms with Gasteiger partial charge in [0.05, 0.1) is 10.9 Å². The molecule has 0 saturated heterocycles. The highest BCUT2D eigenvalue weighted by Crippen LogP contribution is 2.07. The molecule has 2 rings (SSSR count). The summed E-state index contributed by atoms with van der Waals surface area (Å²) in [7, 11) is 0. The summed E-state index contributed by atoms with van der Waals surface area (Å²) in [5.41, 5.74) is 0.151. The molecule has 106 valence electrons. The molecule has 1 N–H and O–H groups in total. The van der Waals surface area contributed by atoms with E-state index in [1.54, 1.807) is 25.1 Å². The zero-order chi connectivity index (χ0) is 14.9. The monoisotopic (exact) mass is 273 g/mol. The van der Waals surface area contributed by atoms with Gasteiger partial charge in [-0.2, -0.15) is 0 Å². The van der Waals surface area contributed by atoms with E-state index in [0.29, 0.717) is 16.7 Å². The van der Waals surface area contributed by atoms with E-state index in [-0.39, 0.29) is 23.6 Å². The van der Waals surface area contributed by atoms with Crippen LogP contribution in [0.5, 0.6) is 0 Å². The molecule has 5 heteroatoms. The molecule has 1 aromatic carbocycles. The highest BCUT2D eigenvalue weighted by Gasteiger charge is 2.16. The summed E-state index contributed by atoms with van der Waals surface area (Å²) in [5, 5.41) is 3.37. The van der Waals surface area contributed by atoms with E-state index in [1.807, 2.05) is 26.8 Å². The number of para-hydroxylation sites is 1. The number of carbonyl (C=O) groups excluding carboxylic acids is 1. The van der Waals surface area contributed by atoms with Gasteiger partial charge in [0.25, 0.3) is 5.56 Å². The predicted molar refractivity (Wildman–Crippen MR) is 78.6 cm³/mol. The number of fused-ring (bicyclic) bond motifs is 1. The van der Waals surface area contributed by atoms with Crippen molar-refractivity contribution in [2.45, 2.75) is 39.8 Å². The molecule has 0 spiro atoms. The molecule has 0 saturated carbocycles. The van der Waals surface area contributed by atoms with Crippen molar-refractivity contribution >= 4 is 16.8 Å². The maximum absolute atomic E-state index is 12.4. The van der Waals surface area contributed by atoms with Gasteiger partial charge in [-0.3, -0.25) is 14.2 Å². The second kappa shape index (κ2) is 5.07. The number of nitrogens with one attached hydrogen (secondary N) is 1. The van der Waals surface area contributed by atoms with Crippen LogP contribution < -0.4 is 10.9 Å². The Kier molecular flexibility index (Phi) is 3.61. The lowest BCUT2D eigenvalue weighted by Gasteiger charge is -2.21. The average molecular weight is 273 g/mol. The maximum atomic E-state index is 12.4. The summed E-state index contributed by atoms with van der Waals surface area (Å²) in [4.78, 5) is 28.7. The van der Waals surface area contributed by atoms with E-state index in [9.17, 15) is 9.59 Å². The molecule has 0 radical (unpaired) electrons. The summed E-state index contributed by atoms with van der Waals surface area (Å²) >= 11 is 0. The summed E-state index contributed by atoms with van der Waals surface area (Å²) in [6, 6.07) is 7.15. The van der Waals surface area contributed by atoms with Crippen LogP contribution in [0.25, 0.3) is 10.9 Å². The number of aromatic nitrogens is 2. The third kappa shape index (κ3) is 3.04. The van der Waals surface area contributed by atoms with Crippen molar-refractivity contribution in [3.63, 3.8) is 0 Å². The minimum Gasteiger partial charge on any atom is -0.350 e. The van der Waals surface area contributed by atoms with Crippen molar-refractivity contribution < 1.29 is 4.79 Å². The van der Waals surface area contributed by atoms with Crippen LogP contribution in [0.1, 0.15) is 26.6 Å². The number of benzene rings is 1. The molecule has 0 unspecified atom stereocenters. The van der Waals surface area contributed by atoms with E-state index in [2.05, 4.69) is 10.3 Å². The Morgan fingerprint density at radius 1 is 1.30 bits per heavy atom. The first-order valence-corrected chi connectivity index (χ1v) is 6.55. The summed E-state index contributed by atoms with van der Waals surface area (Å²) < 4.78 is 1.41. The van der Waals surface area contributed by atoms with Gasteiger partial charge in [-0.1, -0.05) is 12.1 Å². The minimum absolute atomic E-state index is 0.0141. The zero-order valence-corrected chi connectivity index (χ0v) is 12.2. The quantitative estimate of drug-likeness (QED) is 0.904. The lowest BCUT2D eigenvalue weighted by molar-refractivity contribution is -0.123. The van der Waals surface area contributed by atoms with Crippen molar-refractivity contribution in [3.05, 3.63) is 40.4 Å². The number of carbonyl (C=O) groups is 1. The Morgan fingerprint density at radius 3 is 2.60 bits per heavy atom. The Hall–Kier alpha value is -2.17. The summed E-state index contributed by atoms with van der Waals surface area (Å²) in [6.07, 6.45) is 0. The maximum Gasteiger partial charge on any atom is 0.261 e. The molecule has 5 nitrogen and oxygen atoms in total. The molecular formula is C15H19N3O2. The van der Waals surface area contributed by atoms with Crippen molar-refractivity contribution in [3.8, 4) is 0 Å². The van der Waals surface area contributed by atoms with E-state index in [1.165, 1.54) is 4.57 Å². The lowest BCUT2D eigenvalue weighted by Crippen LogP contribution is -2.43. The Bertz CT molecular complexity index is 711. The van der Waals surface area contributed by atoms with Crippen molar-refractivity contribution in [1.82, 2.24) is 14.9 Å². The van der Waals surface area contributed by atoms with E-state index in [0.717, 1.165) is 0 Å². The molecule has 0 aliphatic heterocycles. The fourth-order valence-corrected chi connectivity index (χ4v) is 2.07. The Morgan fingerprint density at radius 2 is 1.95 bits per heavy atom. The van der Waals surface area contributed by atoms with Crippen LogP contribution in [0, 0.1) is 6.92 Å². The van der Waals surface area contributed by atoms with E-state index in [4.69, 9.17) is 0 Å². The molecule has 1 amide bonds. The molecule has 0 atom stereocenters. The SMILES string of the molecule is Cc1nc2ccccc2c(=O)n1CC(=O)NC(C)(C)C. The van der Waals surface area contributed by atoms with E-state index < -0.39 is 0 Å². The second-order valence-corrected chi connectivity index (χ2v) is 5.87. The lowest BCUT2D eigenvalue weighted by atomic mass is 10.1. The van der Waals surface area contributed by atoms with Gasteiger partial charge >= 0.3 is 0 Å². The van der Waals surface area contributed by atoms with Crippen LogP contribution in [0.2, 0.25) is 0 Å². The first-order chi connectivity index (χ1) is 9.28. The Labute approximate surface area is 117 Å². The standard InChI is InChI=1S/C15H19N3O2/c1-10-16-12-8-6-5-7-11(12)14(20)18(10)9-13(19)17-15(2,3)4/h5-8H,9H2,1-4H3,(H,17,19). The number of nitrogens with zero attached hydrogens (tertiary/aromatic N) is 2. The smallest absolute Gasteiger partial charge is 0.261 e. The molecule has 1 heterocycles. The van der Waals surface area contributed by atoms with Crippen LogP contribution in [0.15, 0.2) is 29.1 Å².